The van der Waals surface area contributed by atoms with E-state index in [1.807, 2.05) is 13.8 Å². The Hall–Kier alpha value is -3.02. The van der Waals surface area contributed by atoms with Crippen LogP contribution in [0, 0.1) is 5.82 Å². The van der Waals surface area contributed by atoms with Crippen molar-refractivity contribution in [2.75, 3.05) is 7.11 Å². The van der Waals surface area contributed by atoms with Gasteiger partial charge in [0, 0.05) is 17.7 Å². The van der Waals surface area contributed by atoms with Crippen molar-refractivity contribution in [3.63, 3.8) is 0 Å². The number of carbonyl (C=O) groups is 1. The summed E-state index contributed by atoms with van der Waals surface area (Å²) in [5.74, 6) is -1.10. The number of hydrogen-bond donors (Lipinski definition) is 1. The number of carboxylic acid groups (broad SMARTS) is 1. The van der Waals surface area contributed by atoms with Crippen molar-refractivity contribution in [1.29, 1.82) is 0 Å². The number of halogens is 1. The van der Waals surface area contributed by atoms with Gasteiger partial charge in [-0.2, -0.15) is 0 Å². The first-order valence-corrected chi connectivity index (χ1v) is 7.78. The Labute approximate surface area is 144 Å². The van der Waals surface area contributed by atoms with E-state index >= 15 is 0 Å². The second kappa shape index (κ2) is 6.47. The minimum atomic E-state index is -0.987. The van der Waals surface area contributed by atoms with E-state index in [1.54, 1.807) is 18.2 Å². The largest absolute Gasteiger partial charge is 0.497 e. The number of benzene rings is 2. The first kappa shape index (κ1) is 16.8. The summed E-state index contributed by atoms with van der Waals surface area (Å²) in [6, 6.07) is 7.84. The fourth-order valence-electron chi connectivity index (χ4n) is 2.84. The van der Waals surface area contributed by atoms with E-state index in [1.165, 1.54) is 25.6 Å². The zero-order valence-electron chi connectivity index (χ0n) is 14.1. The number of aromatic nitrogens is 2. The first-order chi connectivity index (χ1) is 11.9. The lowest BCUT2D eigenvalue weighted by Gasteiger charge is -2.13. The van der Waals surface area contributed by atoms with Crippen molar-refractivity contribution in [2.24, 2.45) is 0 Å². The SMILES string of the molecule is COc1cc(F)c2c(-c3ccc(C(=O)O)c(C(C)C)c3)ncnc2c1. The van der Waals surface area contributed by atoms with E-state index in [-0.39, 0.29) is 16.9 Å². The summed E-state index contributed by atoms with van der Waals surface area (Å²) in [6.45, 7) is 3.82. The molecular formula is C19H17FN2O3. The van der Waals surface area contributed by atoms with Gasteiger partial charge in [-0.15, -0.1) is 0 Å². The van der Waals surface area contributed by atoms with Crippen LogP contribution in [0.25, 0.3) is 22.2 Å². The smallest absolute Gasteiger partial charge is 0.335 e. The summed E-state index contributed by atoms with van der Waals surface area (Å²) in [7, 11) is 1.46. The molecule has 0 atom stereocenters. The molecule has 0 saturated carbocycles. The molecule has 0 aliphatic heterocycles. The molecule has 5 nitrogen and oxygen atoms in total. The summed E-state index contributed by atoms with van der Waals surface area (Å²) < 4.78 is 19.7. The Balaban J connectivity index is 2.27. The molecule has 3 aromatic rings. The second-order valence-electron chi connectivity index (χ2n) is 5.99. The molecule has 128 valence electrons. The summed E-state index contributed by atoms with van der Waals surface area (Å²) in [6.07, 6.45) is 1.36. The number of fused-ring (bicyclic) bond motifs is 1. The third-order valence-electron chi connectivity index (χ3n) is 4.08. The lowest BCUT2D eigenvalue weighted by atomic mass is 9.93. The molecule has 0 aliphatic carbocycles. The van der Waals surface area contributed by atoms with Gasteiger partial charge in [-0.05, 0) is 23.6 Å². The Morgan fingerprint density at radius 3 is 2.60 bits per heavy atom. The van der Waals surface area contributed by atoms with E-state index in [4.69, 9.17) is 4.74 Å². The Kier molecular flexibility index (Phi) is 4.35. The van der Waals surface area contributed by atoms with Crippen LogP contribution < -0.4 is 4.74 Å². The van der Waals surface area contributed by atoms with Crippen LogP contribution in [0.3, 0.4) is 0 Å². The zero-order valence-corrected chi connectivity index (χ0v) is 14.1. The molecule has 1 aromatic heterocycles. The molecule has 0 aliphatic rings. The lowest BCUT2D eigenvalue weighted by Crippen LogP contribution is -2.04. The van der Waals surface area contributed by atoms with Crippen molar-refractivity contribution < 1.29 is 19.0 Å². The molecule has 0 fully saturated rings. The fraction of sp³-hybridized carbons (Fsp3) is 0.211. The van der Waals surface area contributed by atoms with Gasteiger partial charge in [0.25, 0.3) is 0 Å². The maximum absolute atomic E-state index is 14.6. The van der Waals surface area contributed by atoms with Crippen molar-refractivity contribution in [1.82, 2.24) is 9.97 Å². The van der Waals surface area contributed by atoms with E-state index in [0.717, 1.165) is 0 Å². The highest BCUT2D eigenvalue weighted by Gasteiger charge is 2.17. The summed E-state index contributed by atoms with van der Waals surface area (Å²) in [5, 5.41) is 9.63. The molecule has 0 radical (unpaired) electrons. The molecule has 0 bridgehead atoms. The monoisotopic (exact) mass is 340 g/mol. The van der Waals surface area contributed by atoms with E-state index < -0.39 is 11.8 Å². The average Bonchev–Trinajstić information content (AvgIpc) is 2.60. The topological polar surface area (TPSA) is 72.3 Å². The molecule has 1 N–H and O–H groups in total. The lowest BCUT2D eigenvalue weighted by molar-refractivity contribution is 0.0695. The van der Waals surface area contributed by atoms with Gasteiger partial charge in [0.2, 0.25) is 0 Å². The molecule has 0 unspecified atom stereocenters. The van der Waals surface area contributed by atoms with E-state index in [0.29, 0.717) is 28.1 Å². The summed E-state index contributed by atoms with van der Waals surface area (Å²) >= 11 is 0. The van der Waals surface area contributed by atoms with Gasteiger partial charge in [-0.1, -0.05) is 19.9 Å². The van der Waals surface area contributed by atoms with Crippen LogP contribution in [0.1, 0.15) is 35.7 Å². The van der Waals surface area contributed by atoms with Crippen LogP contribution in [-0.4, -0.2) is 28.2 Å². The van der Waals surface area contributed by atoms with Crippen LogP contribution in [0.5, 0.6) is 5.75 Å². The van der Waals surface area contributed by atoms with Crippen molar-refractivity contribution in [2.45, 2.75) is 19.8 Å². The van der Waals surface area contributed by atoms with Gasteiger partial charge in [0.05, 0.1) is 29.3 Å². The highest BCUT2D eigenvalue weighted by Crippen LogP contribution is 2.33. The third-order valence-corrected chi connectivity index (χ3v) is 4.08. The molecule has 0 saturated heterocycles. The van der Waals surface area contributed by atoms with Crippen molar-refractivity contribution in [3.05, 3.63) is 53.6 Å². The van der Waals surface area contributed by atoms with Crippen molar-refractivity contribution in [3.8, 4) is 17.0 Å². The fourth-order valence-corrected chi connectivity index (χ4v) is 2.84. The maximum Gasteiger partial charge on any atom is 0.335 e. The number of aromatic carboxylic acids is 1. The number of methoxy groups -OCH3 is 1. The minimum Gasteiger partial charge on any atom is -0.497 e. The number of carboxylic acids is 1. The van der Waals surface area contributed by atoms with Crippen LogP contribution in [0.15, 0.2) is 36.7 Å². The number of rotatable bonds is 4. The number of ether oxygens (including phenoxy) is 1. The van der Waals surface area contributed by atoms with E-state index in [9.17, 15) is 14.3 Å². The molecule has 0 spiro atoms. The summed E-state index contributed by atoms with van der Waals surface area (Å²) in [4.78, 5) is 19.8. The molecular weight excluding hydrogens is 323 g/mol. The molecule has 3 rings (SSSR count). The zero-order chi connectivity index (χ0) is 18.1. The van der Waals surface area contributed by atoms with Crippen LogP contribution in [-0.2, 0) is 0 Å². The van der Waals surface area contributed by atoms with Gasteiger partial charge in [0.1, 0.15) is 17.9 Å². The first-order valence-electron chi connectivity index (χ1n) is 7.78. The van der Waals surface area contributed by atoms with Crippen LogP contribution in [0.4, 0.5) is 4.39 Å². The standard InChI is InChI=1S/C19H17FN2O3/c1-10(2)14-6-11(4-5-13(14)19(23)24)18-17-15(20)7-12(25-3)8-16(17)21-9-22-18/h4-10H,1-3H3,(H,23,24). The molecule has 6 heteroatoms. The predicted octanol–water partition coefficient (Wildman–Crippen LogP) is 4.27. The molecule has 25 heavy (non-hydrogen) atoms. The average molecular weight is 340 g/mol. The molecule has 1 heterocycles. The Bertz CT molecular complexity index is 970. The van der Waals surface area contributed by atoms with Crippen LogP contribution in [0.2, 0.25) is 0 Å². The molecule has 0 amide bonds. The third kappa shape index (κ3) is 3.03. The van der Waals surface area contributed by atoms with E-state index in [2.05, 4.69) is 9.97 Å². The normalized spacial score (nSPS) is 11.1. The number of hydrogen-bond acceptors (Lipinski definition) is 4. The second-order valence-corrected chi connectivity index (χ2v) is 5.99. The summed E-state index contributed by atoms with van der Waals surface area (Å²) in [5.41, 5.74) is 2.40. The van der Waals surface area contributed by atoms with Crippen LogP contribution >= 0.6 is 0 Å². The van der Waals surface area contributed by atoms with Gasteiger partial charge in [-0.25, -0.2) is 19.2 Å². The van der Waals surface area contributed by atoms with Gasteiger partial charge < -0.3 is 9.84 Å². The maximum atomic E-state index is 14.6. The number of nitrogens with zero attached hydrogens (tertiary/aromatic N) is 2. The van der Waals surface area contributed by atoms with Gasteiger partial charge >= 0.3 is 5.97 Å². The quantitative estimate of drug-likeness (QED) is 0.768. The predicted molar refractivity (Wildman–Crippen MR) is 92.5 cm³/mol. The van der Waals surface area contributed by atoms with Crippen molar-refractivity contribution >= 4 is 16.9 Å². The molecule has 2 aromatic carbocycles. The highest BCUT2D eigenvalue weighted by molar-refractivity contribution is 5.95. The Morgan fingerprint density at radius 2 is 1.96 bits per heavy atom. The van der Waals surface area contributed by atoms with Gasteiger partial charge in [-0.3, -0.25) is 0 Å². The highest BCUT2D eigenvalue weighted by atomic mass is 19.1. The van der Waals surface area contributed by atoms with Gasteiger partial charge in [0.15, 0.2) is 0 Å². The Morgan fingerprint density at radius 1 is 1.20 bits per heavy atom. The minimum absolute atomic E-state index is 0.00379.